The van der Waals surface area contributed by atoms with Crippen LogP contribution in [0.4, 0.5) is 0 Å². The summed E-state index contributed by atoms with van der Waals surface area (Å²) in [5.74, 6) is -1.02. The highest BCUT2D eigenvalue weighted by Crippen LogP contribution is 2.39. The van der Waals surface area contributed by atoms with Crippen LogP contribution >= 0.6 is 0 Å². The molecule has 2 rings (SSSR count). The first-order valence-electron chi connectivity index (χ1n) is 9.10. The normalized spacial score (nSPS) is 24.5. The van der Waals surface area contributed by atoms with E-state index in [1.54, 1.807) is 0 Å². The highest BCUT2D eigenvalue weighted by Gasteiger charge is 2.36. The molecule has 1 aromatic carbocycles. The Balaban J connectivity index is 1.85. The molecule has 0 unspecified atom stereocenters. The van der Waals surface area contributed by atoms with E-state index in [1.807, 2.05) is 12.1 Å². The molecule has 0 radical (unpaired) electrons. The van der Waals surface area contributed by atoms with E-state index in [1.165, 1.54) is 37.7 Å². The molecule has 23 heavy (non-hydrogen) atoms. The summed E-state index contributed by atoms with van der Waals surface area (Å²) < 4.78 is 0. The molecule has 0 aromatic heterocycles. The molecule has 3 nitrogen and oxygen atoms in total. The topological polar surface area (TPSA) is 57.5 Å². The van der Waals surface area contributed by atoms with Crippen LogP contribution in [-0.4, -0.2) is 16.2 Å². The van der Waals surface area contributed by atoms with Gasteiger partial charge in [-0.2, -0.15) is 0 Å². The van der Waals surface area contributed by atoms with Crippen LogP contribution in [-0.2, 0) is 16.8 Å². The van der Waals surface area contributed by atoms with Gasteiger partial charge in [0.1, 0.15) is 0 Å². The van der Waals surface area contributed by atoms with Gasteiger partial charge in [-0.05, 0) is 49.7 Å². The van der Waals surface area contributed by atoms with Crippen molar-refractivity contribution in [2.24, 2.45) is 5.92 Å². The summed E-state index contributed by atoms with van der Waals surface area (Å²) in [4.78, 5) is 11.0. The second-order valence-electron chi connectivity index (χ2n) is 7.01. The lowest BCUT2D eigenvalue weighted by molar-refractivity contribution is -0.145. The molecule has 1 saturated carbocycles. The van der Waals surface area contributed by atoms with E-state index < -0.39 is 11.6 Å². The summed E-state index contributed by atoms with van der Waals surface area (Å²) >= 11 is 0. The molecule has 1 aromatic rings. The number of aliphatic carboxylic acids is 1. The van der Waals surface area contributed by atoms with Crippen molar-refractivity contribution >= 4 is 5.97 Å². The van der Waals surface area contributed by atoms with E-state index in [2.05, 4.69) is 19.1 Å². The maximum Gasteiger partial charge on any atom is 0.306 e. The Hall–Kier alpha value is -1.35. The van der Waals surface area contributed by atoms with E-state index in [-0.39, 0.29) is 5.92 Å². The monoisotopic (exact) mass is 318 g/mol. The summed E-state index contributed by atoms with van der Waals surface area (Å²) in [5.41, 5.74) is 1.43. The van der Waals surface area contributed by atoms with Crippen molar-refractivity contribution in [3.63, 3.8) is 0 Å². The smallest absolute Gasteiger partial charge is 0.306 e. The number of carboxylic acids is 1. The van der Waals surface area contributed by atoms with Crippen molar-refractivity contribution in [1.29, 1.82) is 0 Å². The average molecular weight is 318 g/mol. The number of aryl methyl sites for hydroxylation is 1. The SMILES string of the molecule is CCCCCCCc1ccc(C2(O)CCC(C(=O)O)CC2)cc1. The summed E-state index contributed by atoms with van der Waals surface area (Å²) in [6.07, 6.45) is 9.73. The van der Waals surface area contributed by atoms with Crippen LogP contribution in [0.2, 0.25) is 0 Å². The molecule has 128 valence electrons. The van der Waals surface area contributed by atoms with Crippen LogP contribution in [0, 0.1) is 5.92 Å². The summed E-state index contributed by atoms with van der Waals surface area (Å²) in [6.45, 7) is 2.23. The number of carbonyl (C=O) groups is 1. The summed E-state index contributed by atoms with van der Waals surface area (Å²) in [6, 6.07) is 8.30. The minimum Gasteiger partial charge on any atom is -0.481 e. The van der Waals surface area contributed by atoms with Crippen molar-refractivity contribution in [2.45, 2.75) is 76.7 Å². The molecule has 1 fully saturated rings. The van der Waals surface area contributed by atoms with Gasteiger partial charge in [-0.25, -0.2) is 0 Å². The Morgan fingerprint density at radius 3 is 2.26 bits per heavy atom. The Kier molecular flexibility index (Phi) is 6.64. The Morgan fingerprint density at radius 1 is 1.09 bits per heavy atom. The standard InChI is InChI=1S/C20H30O3/c1-2-3-4-5-6-7-16-8-10-18(11-9-16)20(23)14-12-17(13-15-20)19(21)22/h8-11,17,23H,2-7,12-15H2,1H3,(H,21,22). The number of rotatable bonds is 8. The van der Waals surface area contributed by atoms with Crippen molar-refractivity contribution in [3.05, 3.63) is 35.4 Å². The maximum atomic E-state index is 11.0. The fourth-order valence-electron chi connectivity index (χ4n) is 3.55. The average Bonchev–Trinajstić information content (AvgIpc) is 2.55. The minimum atomic E-state index is -0.842. The number of unbranched alkanes of at least 4 members (excludes halogenated alkanes) is 4. The summed E-state index contributed by atoms with van der Waals surface area (Å²) in [7, 11) is 0. The molecule has 2 N–H and O–H groups in total. The number of carboxylic acid groups (broad SMARTS) is 1. The van der Waals surface area contributed by atoms with Crippen LogP contribution in [0.15, 0.2) is 24.3 Å². The molecule has 0 atom stereocenters. The van der Waals surface area contributed by atoms with E-state index in [9.17, 15) is 9.90 Å². The van der Waals surface area contributed by atoms with Gasteiger partial charge in [0.25, 0.3) is 0 Å². The van der Waals surface area contributed by atoms with Gasteiger partial charge < -0.3 is 10.2 Å². The molecule has 0 aliphatic heterocycles. The number of hydrogen-bond donors (Lipinski definition) is 2. The van der Waals surface area contributed by atoms with Crippen LogP contribution < -0.4 is 0 Å². The number of aliphatic hydroxyl groups is 1. The van der Waals surface area contributed by atoms with Gasteiger partial charge in [-0.15, -0.1) is 0 Å². The highest BCUT2D eigenvalue weighted by molar-refractivity contribution is 5.70. The van der Waals surface area contributed by atoms with E-state index >= 15 is 0 Å². The largest absolute Gasteiger partial charge is 0.481 e. The quantitative estimate of drug-likeness (QED) is 0.685. The molecule has 0 spiro atoms. The van der Waals surface area contributed by atoms with Crippen molar-refractivity contribution < 1.29 is 15.0 Å². The zero-order valence-electron chi connectivity index (χ0n) is 14.3. The first-order chi connectivity index (χ1) is 11.0. The first-order valence-corrected chi connectivity index (χ1v) is 9.10. The third-order valence-electron chi connectivity index (χ3n) is 5.22. The van der Waals surface area contributed by atoms with E-state index in [0.717, 1.165) is 12.0 Å². The van der Waals surface area contributed by atoms with E-state index in [4.69, 9.17) is 5.11 Å². The molecular weight excluding hydrogens is 288 g/mol. The number of hydrogen-bond acceptors (Lipinski definition) is 2. The first kappa shape index (κ1) is 18.0. The Morgan fingerprint density at radius 2 is 1.70 bits per heavy atom. The molecule has 1 aliphatic rings. The van der Waals surface area contributed by atoms with Crippen LogP contribution in [0.3, 0.4) is 0 Å². The predicted octanol–water partition coefficient (Wildman–Crippen LogP) is 4.66. The van der Waals surface area contributed by atoms with Crippen LogP contribution in [0.5, 0.6) is 0 Å². The lowest BCUT2D eigenvalue weighted by Gasteiger charge is -2.35. The Labute approximate surface area is 139 Å². The summed E-state index contributed by atoms with van der Waals surface area (Å²) in [5, 5.41) is 19.9. The third kappa shape index (κ3) is 5.07. The second kappa shape index (κ2) is 8.49. The van der Waals surface area contributed by atoms with Crippen molar-refractivity contribution in [2.75, 3.05) is 0 Å². The maximum absolute atomic E-state index is 11.0. The zero-order chi connectivity index (χ0) is 16.7. The van der Waals surface area contributed by atoms with Gasteiger partial charge in [0.15, 0.2) is 0 Å². The zero-order valence-corrected chi connectivity index (χ0v) is 14.3. The van der Waals surface area contributed by atoms with Gasteiger partial charge in [0.05, 0.1) is 11.5 Å². The van der Waals surface area contributed by atoms with E-state index in [0.29, 0.717) is 25.7 Å². The van der Waals surface area contributed by atoms with Gasteiger partial charge >= 0.3 is 5.97 Å². The predicted molar refractivity (Wildman–Crippen MR) is 92.4 cm³/mol. The molecule has 1 aliphatic carbocycles. The van der Waals surface area contributed by atoms with Crippen LogP contribution in [0.1, 0.15) is 75.8 Å². The molecular formula is C20H30O3. The molecule has 3 heteroatoms. The fraction of sp³-hybridized carbons (Fsp3) is 0.650. The van der Waals surface area contributed by atoms with Gasteiger partial charge in [-0.1, -0.05) is 56.9 Å². The molecule has 0 amide bonds. The van der Waals surface area contributed by atoms with Gasteiger partial charge in [0.2, 0.25) is 0 Å². The fourth-order valence-corrected chi connectivity index (χ4v) is 3.55. The van der Waals surface area contributed by atoms with Crippen molar-refractivity contribution in [3.8, 4) is 0 Å². The van der Waals surface area contributed by atoms with Gasteiger partial charge in [-0.3, -0.25) is 4.79 Å². The second-order valence-corrected chi connectivity index (χ2v) is 7.01. The lowest BCUT2D eigenvalue weighted by Crippen LogP contribution is -2.33. The lowest BCUT2D eigenvalue weighted by atomic mass is 9.75. The van der Waals surface area contributed by atoms with Crippen LogP contribution in [0.25, 0.3) is 0 Å². The molecule has 0 saturated heterocycles. The molecule has 0 heterocycles. The van der Waals surface area contributed by atoms with Gasteiger partial charge in [0, 0.05) is 0 Å². The molecule has 0 bridgehead atoms. The Bertz CT molecular complexity index is 484. The third-order valence-corrected chi connectivity index (χ3v) is 5.22. The van der Waals surface area contributed by atoms with Crippen molar-refractivity contribution in [1.82, 2.24) is 0 Å². The number of benzene rings is 1. The minimum absolute atomic E-state index is 0.294. The highest BCUT2D eigenvalue weighted by atomic mass is 16.4.